The smallest absolute Gasteiger partial charge is 0.450 e. The molecule has 0 heterocycles. The van der Waals surface area contributed by atoms with E-state index >= 15 is 0 Å². The third kappa shape index (κ3) is 7210. The minimum Gasteiger partial charge on any atom is -0.450 e. The first-order valence-electron chi connectivity index (χ1n) is 3.14. The van der Waals surface area contributed by atoms with Crippen LogP contribution in [0.2, 0.25) is 0 Å². The van der Waals surface area contributed by atoms with Crippen molar-refractivity contribution in [3.05, 3.63) is 0 Å². The van der Waals surface area contributed by atoms with E-state index < -0.39 is 34.7 Å². The highest BCUT2D eigenvalue weighted by molar-refractivity contribution is 7.79. The minimum atomic E-state index is -4.67. The number of hydrogen-bond donors (Lipinski definition) is 12. The summed E-state index contributed by atoms with van der Waals surface area (Å²) in [6, 6.07) is 0. The molecule has 120 valence electrons. The second-order valence-corrected chi connectivity index (χ2v) is 5.23. The Bertz CT molecular complexity index is 268. The average molecular weight is 352 g/mol. The first-order chi connectivity index (χ1) is 7.73. The predicted octanol–water partition coefficient (Wildman–Crippen LogP) is -5.65. The summed E-state index contributed by atoms with van der Waals surface area (Å²) >= 11 is 0. The lowest BCUT2D eigenvalue weighted by atomic mass is 11.5. The zero-order chi connectivity index (χ0) is 17.1. The van der Waals surface area contributed by atoms with Crippen LogP contribution < -0.4 is 0 Å². The molecule has 12 N–H and O–H groups in total. The summed E-state index contributed by atoms with van der Waals surface area (Å²) in [7, 11) is -13.9. The fourth-order valence-electron chi connectivity index (χ4n) is 0. The van der Waals surface area contributed by atoms with Crippen molar-refractivity contribution < 1.29 is 70.9 Å². The van der Waals surface area contributed by atoms with E-state index in [2.05, 4.69) is 0 Å². The van der Waals surface area contributed by atoms with Crippen LogP contribution in [0, 0.1) is 0 Å². The van der Waals surface area contributed by atoms with Crippen molar-refractivity contribution in [1.82, 2.24) is 0 Å². The quantitative estimate of drug-likeness (QED) is 0.143. The Hall–Kier alpha value is -0.746. The summed E-state index contributed by atoms with van der Waals surface area (Å²) < 4.78 is 31.6. The third-order valence-electron chi connectivity index (χ3n) is 0. The molecule has 0 atom stereocenters. The van der Waals surface area contributed by atoms with E-state index in [9.17, 15) is 0 Å². The van der Waals surface area contributed by atoms with Gasteiger partial charge in [-0.25, -0.2) is 4.79 Å². The molecule has 0 spiro atoms. The average Bonchev–Trinajstić information content (AvgIpc) is 1.66. The highest BCUT2D eigenvalue weighted by Gasteiger charge is 2.22. The maximum Gasteiger partial charge on any atom is 0.668 e. The van der Waals surface area contributed by atoms with Gasteiger partial charge in [0, 0.05) is 0 Å². The van der Waals surface area contributed by atoms with Crippen LogP contribution in [0.4, 0.5) is 4.79 Å². The van der Waals surface area contributed by atoms with Crippen molar-refractivity contribution in [2.24, 2.45) is 0 Å². The summed E-state index contributed by atoms with van der Waals surface area (Å²) in [6.07, 6.45) is -1.83. The topological polar surface area (TPSA) is 294 Å². The van der Waals surface area contributed by atoms with E-state index in [1.165, 1.54) is 0 Å². The highest BCUT2D eigenvalue weighted by atomic mass is 32.3. The molecule has 0 aromatic carbocycles. The molecule has 0 saturated carbocycles. The van der Waals surface area contributed by atoms with Gasteiger partial charge in [0.15, 0.2) is 0 Å². The number of hydrogen-bond acceptors (Lipinski definition) is 11. The predicted molar refractivity (Wildman–Crippen MR) is 54.1 cm³/mol. The fraction of sp³-hybridized carbons (Fsp3) is 0. The standard InChI is InChI=1S/CH2O3.H2O4S.2H4O4Si/c2-1(3)4;3*1-5(2,3)4/h(H2,2,3,4);(H2,1,2,3,4);2*1-4H. The first kappa shape index (κ1) is 26.7. The first-order valence-corrected chi connectivity index (χ1v) is 8.11. The molecule has 0 aromatic heterocycles. The fourth-order valence-corrected chi connectivity index (χ4v) is 0. The van der Waals surface area contributed by atoms with Gasteiger partial charge in [-0.2, -0.15) is 8.42 Å². The van der Waals surface area contributed by atoms with Crippen molar-refractivity contribution in [3.63, 3.8) is 0 Å². The van der Waals surface area contributed by atoms with Gasteiger partial charge in [-0.15, -0.1) is 0 Å². The van der Waals surface area contributed by atoms with Gasteiger partial charge in [0.25, 0.3) is 0 Å². The van der Waals surface area contributed by atoms with Crippen LogP contribution in [-0.4, -0.2) is 90.4 Å². The summed E-state index contributed by atoms with van der Waals surface area (Å²) in [5.74, 6) is 0. The molecule has 0 rings (SSSR count). The van der Waals surface area contributed by atoms with Gasteiger partial charge in [-0.1, -0.05) is 0 Å². The van der Waals surface area contributed by atoms with E-state index in [0.717, 1.165) is 0 Å². The highest BCUT2D eigenvalue weighted by Crippen LogP contribution is 1.67. The Morgan fingerprint density at radius 3 is 0.684 bits per heavy atom. The minimum absolute atomic E-state index is 1.83. The molecule has 0 aliphatic carbocycles. The van der Waals surface area contributed by atoms with Crippen LogP contribution >= 0.6 is 0 Å². The van der Waals surface area contributed by atoms with Crippen LogP contribution in [0.5, 0.6) is 0 Å². The van der Waals surface area contributed by atoms with E-state index in [1.54, 1.807) is 0 Å². The van der Waals surface area contributed by atoms with Crippen molar-refractivity contribution >= 4 is 34.7 Å². The van der Waals surface area contributed by atoms with Gasteiger partial charge in [-0.3, -0.25) is 9.11 Å². The monoisotopic (exact) mass is 352 g/mol. The SMILES string of the molecule is O=C(O)O.O=S(=O)(O)O.O[Si](O)(O)O.O[Si](O)(O)O. The van der Waals surface area contributed by atoms with Gasteiger partial charge < -0.3 is 48.6 Å². The number of carboxylic acid groups (broad SMARTS) is 2. The maximum atomic E-state index is 8.74. The molecule has 0 radical (unpaired) electrons. The molecule has 19 heavy (non-hydrogen) atoms. The van der Waals surface area contributed by atoms with E-state index in [0.29, 0.717) is 0 Å². The van der Waals surface area contributed by atoms with Gasteiger partial charge >= 0.3 is 34.7 Å². The largest absolute Gasteiger partial charge is 0.668 e. The second kappa shape index (κ2) is 11.1. The molecule has 15 nitrogen and oxygen atoms in total. The molecule has 0 aliphatic rings. The molecule has 0 saturated heterocycles. The number of carbonyl (C=O) groups is 1. The zero-order valence-corrected chi connectivity index (χ0v) is 11.3. The second-order valence-electron chi connectivity index (χ2n) is 1.93. The summed E-state index contributed by atoms with van der Waals surface area (Å²) in [5, 5.41) is 13.9. The Kier molecular flexibility index (Phi) is 15.6. The lowest BCUT2D eigenvalue weighted by molar-refractivity contribution is 0.115. The summed E-state index contributed by atoms with van der Waals surface area (Å²) in [5.41, 5.74) is 0. The zero-order valence-electron chi connectivity index (χ0n) is 8.50. The van der Waals surface area contributed by atoms with Gasteiger partial charge in [0.1, 0.15) is 0 Å². The third-order valence-corrected chi connectivity index (χ3v) is 0. The van der Waals surface area contributed by atoms with Gasteiger partial charge in [0.05, 0.1) is 0 Å². The molecule has 0 aliphatic heterocycles. The molecule has 0 amide bonds. The molecule has 18 heteroatoms. The lowest BCUT2D eigenvalue weighted by Crippen LogP contribution is -2.33. The molecule has 0 aromatic rings. The van der Waals surface area contributed by atoms with Crippen molar-refractivity contribution in [2.45, 2.75) is 0 Å². The van der Waals surface area contributed by atoms with Crippen LogP contribution in [0.3, 0.4) is 0 Å². The van der Waals surface area contributed by atoms with Crippen LogP contribution in [0.25, 0.3) is 0 Å². The Morgan fingerprint density at radius 1 is 0.684 bits per heavy atom. The normalized spacial score (nSPS) is 10.6. The Labute approximate surface area is 106 Å². The molecule has 0 unspecified atom stereocenters. The maximum absolute atomic E-state index is 8.74. The Morgan fingerprint density at radius 2 is 0.684 bits per heavy atom. The van der Waals surface area contributed by atoms with Crippen molar-refractivity contribution in [2.75, 3.05) is 0 Å². The van der Waals surface area contributed by atoms with Crippen LogP contribution in [-0.2, 0) is 10.4 Å². The van der Waals surface area contributed by atoms with E-state index in [-0.39, 0.29) is 0 Å². The Balaban J connectivity index is -0.0000000793. The summed E-state index contributed by atoms with van der Waals surface area (Å²) in [6.45, 7) is 0. The summed E-state index contributed by atoms with van der Waals surface area (Å²) in [4.78, 5) is 67.2. The molecule has 0 fully saturated rings. The lowest BCUT2D eigenvalue weighted by Gasteiger charge is -1.91. The van der Waals surface area contributed by atoms with Crippen LogP contribution in [0.15, 0.2) is 0 Å². The van der Waals surface area contributed by atoms with Crippen molar-refractivity contribution in [3.8, 4) is 0 Å². The van der Waals surface area contributed by atoms with Gasteiger partial charge in [0.2, 0.25) is 0 Å². The van der Waals surface area contributed by atoms with E-state index in [1.807, 2.05) is 0 Å². The van der Waals surface area contributed by atoms with Gasteiger partial charge in [-0.05, 0) is 0 Å². The molecular weight excluding hydrogens is 340 g/mol. The molecular formula is CH12O15SSi2. The van der Waals surface area contributed by atoms with Crippen molar-refractivity contribution in [1.29, 1.82) is 0 Å². The van der Waals surface area contributed by atoms with E-state index in [4.69, 9.17) is 70.9 Å². The number of rotatable bonds is 0. The van der Waals surface area contributed by atoms with Crippen LogP contribution in [0.1, 0.15) is 0 Å². The molecule has 0 bridgehead atoms.